The van der Waals surface area contributed by atoms with Gasteiger partial charge in [-0.05, 0) is 25.0 Å². The molecule has 2 amide bonds. The lowest BCUT2D eigenvalue weighted by atomic mass is 10.1. The summed E-state index contributed by atoms with van der Waals surface area (Å²) in [5.41, 5.74) is 0.688. The van der Waals surface area contributed by atoms with Crippen molar-refractivity contribution < 1.29 is 14.3 Å². The van der Waals surface area contributed by atoms with Gasteiger partial charge in [0.1, 0.15) is 12.3 Å². The molecule has 1 aliphatic carbocycles. The molecule has 1 aromatic rings. The van der Waals surface area contributed by atoms with Crippen LogP contribution in [-0.2, 0) is 9.59 Å². The van der Waals surface area contributed by atoms with E-state index in [1.807, 2.05) is 18.2 Å². The second-order valence-corrected chi connectivity index (χ2v) is 5.93. The lowest BCUT2D eigenvalue weighted by molar-refractivity contribution is -0.135. The summed E-state index contributed by atoms with van der Waals surface area (Å²) in [5, 5.41) is 8.92. The highest BCUT2D eigenvalue weighted by Gasteiger charge is 2.41. The first-order valence-electron chi connectivity index (χ1n) is 7.76. The lowest BCUT2D eigenvalue weighted by Crippen LogP contribution is -2.39. The Kier molecular flexibility index (Phi) is 4.20. The molecule has 0 radical (unpaired) electrons. The number of amides is 2. The fourth-order valence-corrected chi connectivity index (χ4v) is 3.04. The maximum atomic E-state index is 12.7. The molecule has 23 heavy (non-hydrogen) atoms. The molecule has 3 rings (SSSR count). The first kappa shape index (κ1) is 15.3. The van der Waals surface area contributed by atoms with Gasteiger partial charge >= 0.3 is 0 Å². The fraction of sp³-hybridized carbons (Fsp3) is 0.471. The molecular weight excluding hydrogens is 294 g/mol. The normalized spacial score (nSPS) is 20.3. The smallest absolute Gasteiger partial charge is 0.229 e. The minimum atomic E-state index is -0.388. The Morgan fingerprint density at radius 1 is 1.43 bits per heavy atom. The first-order valence-corrected chi connectivity index (χ1v) is 7.76. The summed E-state index contributed by atoms with van der Waals surface area (Å²) >= 11 is 0. The van der Waals surface area contributed by atoms with E-state index in [0.29, 0.717) is 18.0 Å². The number of para-hydroxylation sites is 2. The number of benzene rings is 1. The van der Waals surface area contributed by atoms with Gasteiger partial charge in [0.05, 0.1) is 24.8 Å². The van der Waals surface area contributed by atoms with Crippen molar-refractivity contribution in [3.63, 3.8) is 0 Å². The molecule has 1 atom stereocenters. The molecule has 2 aliphatic rings. The Balaban J connectivity index is 1.77. The van der Waals surface area contributed by atoms with E-state index in [9.17, 15) is 9.59 Å². The molecule has 1 heterocycles. The summed E-state index contributed by atoms with van der Waals surface area (Å²) < 4.78 is 5.30. The summed E-state index contributed by atoms with van der Waals surface area (Å²) in [4.78, 5) is 28.3. The molecule has 120 valence electrons. The molecule has 1 unspecified atom stereocenters. The molecule has 1 saturated carbocycles. The first-order chi connectivity index (χ1) is 11.2. The fourth-order valence-electron chi connectivity index (χ4n) is 3.04. The van der Waals surface area contributed by atoms with E-state index >= 15 is 0 Å². The van der Waals surface area contributed by atoms with Gasteiger partial charge in [0, 0.05) is 19.0 Å². The Morgan fingerprint density at radius 2 is 2.17 bits per heavy atom. The van der Waals surface area contributed by atoms with Gasteiger partial charge in [0.2, 0.25) is 11.8 Å². The molecular formula is C17H19N3O3. The van der Waals surface area contributed by atoms with Crippen LogP contribution < -0.4 is 9.64 Å². The topological polar surface area (TPSA) is 73.6 Å². The van der Waals surface area contributed by atoms with Crippen LogP contribution in [0.15, 0.2) is 24.3 Å². The Labute approximate surface area is 135 Å². The minimum Gasteiger partial charge on any atom is -0.495 e. The van der Waals surface area contributed by atoms with E-state index in [4.69, 9.17) is 10.00 Å². The molecule has 6 nitrogen and oxygen atoms in total. The maximum Gasteiger partial charge on any atom is 0.229 e. The summed E-state index contributed by atoms with van der Waals surface area (Å²) in [6.07, 6.45) is 2.08. The Morgan fingerprint density at radius 3 is 2.83 bits per heavy atom. The number of hydrogen-bond donors (Lipinski definition) is 0. The van der Waals surface area contributed by atoms with E-state index < -0.39 is 0 Å². The van der Waals surface area contributed by atoms with Crippen molar-refractivity contribution in [3.05, 3.63) is 24.3 Å². The third-order valence-corrected chi connectivity index (χ3v) is 4.36. The number of carbonyl (C=O) groups excluding carboxylic acids is 2. The van der Waals surface area contributed by atoms with Crippen molar-refractivity contribution in [2.45, 2.75) is 25.3 Å². The van der Waals surface area contributed by atoms with Crippen molar-refractivity contribution in [2.75, 3.05) is 25.1 Å². The van der Waals surface area contributed by atoms with Crippen molar-refractivity contribution in [2.24, 2.45) is 5.92 Å². The molecule has 0 N–H and O–H groups in total. The van der Waals surface area contributed by atoms with Crippen LogP contribution in [0.2, 0.25) is 0 Å². The number of ether oxygens (including phenoxy) is 1. The van der Waals surface area contributed by atoms with Gasteiger partial charge in [0.15, 0.2) is 0 Å². The van der Waals surface area contributed by atoms with Gasteiger partial charge in [-0.3, -0.25) is 9.59 Å². The van der Waals surface area contributed by atoms with Gasteiger partial charge in [0.25, 0.3) is 0 Å². The zero-order valence-electron chi connectivity index (χ0n) is 13.1. The molecule has 0 bridgehead atoms. The van der Waals surface area contributed by atoms with Crippen molar-refractivity contribution in [3.8, 4) is 11.8 Å². The number of rotatable bonds is 5. The van der Waals surface area contributed by atoms with E-state index in [2.05, 4.69) is 6.07 Å². The van der Waals surface area contributed by atoms with Crippen LogP contribution in [0.4, 0.5) is 5.69 Å². The van der Waals surface area contributed by atoms with E-state index in [1.165, 1.54) is 0 Å². The number of hydrogen-bond acceptors (Lipinski definition) is 4. The summed E-state index contributed by atoms with van der Waals surface area (Å²) in [7, 11) is 1.56. The van der Waals surface area contributed by atoms with Crippen LogP contribution in [0.3, 0.4) is 0 Å². The van der Waals surface area contributed by atoms with E-state index in [1.54, 1.807) is 23.0 Å². The van der Waals surface area contributed by atoms with E-state index in [-0.39, 0.29) is 36.7 Å². The molecule has 0 spiro atoms. The lowest BCUT2D eigenvalue weighted by Gasteiger charge is -2.23. The summed E-state index contributed by atoms with van der Waals surface area (Å²) in [6.45, 7) is 0.440. The number of carbonyl (C=O) groups is 2. The summed E-state index contributed by atoms with van der Waals surface area (Å²) in [5.74, 6) is 0.0618. The van der Waals surface area contributed by atoms with Crippen LogP contribution in [0, 0.1) is 17.2 Å². The molecule has 2 fully saturated rings. The predicted octanol–water partition coefficient (Wildman–Crippen LogP) is 1.56. The second-order valence-electron chi connectivity index (χ2n) is 5.93. The van der Waals surface area contributed by atoms with Crippen LogP contribution in [-0.4, -0.2) is 43.0 Å². The second kappa shape index (κ2) is 6.29. The zero-order chi connectivity index (χ0) is 16.4. The zero-order valence-corrected chi connectivity index (χ0v) is 13.1. The standard InChI is InChI=1S/C17H19N3O3/c1-23-15-5-3-2-4-14(15)20-11-12(10-16(20)21)17(22)19(9-8-18)13-6-7-13/h2-5,12-13H,6-7,9-11H2,1H3. The largest absolute Gasteiger partial charge is 0.495 e. The van der Waals surface area contributed by atoms with Crippen molar-refractivity contribution >= 4 is 17.5 Å². The molecule has 1 aliphatic heterocycles. The number of methoxy groups -OCH3 is 1. The monoisotopic (exact) mass is 313 g/mol. The van der Waals surface area contributed by atoms with Crippen LogP contribution in [0.5, 0.6) is 5.75 Å². The van der Waals surface area contributed by atoms with Gasteiger partial charge < -0.3 is 14.5 Å². The predicted molar refractivity (Wildman–Crippen MR) is 83.8 cm³/mol. The molecule has 0 aromatic heterocycles. The van der Waals surface area contributed by atoms with Crippen LogP contribution >= 0.6 is 0 Å². The van der Waals surface area contributed by atoms with Gasteiger partial charge in [-0.2, -0.15) is 5.26 Å². The number of nitriles is 1. The van der Waals surface area contributed by atoms with E-state index in [0.717, 1.165) is 12.8 Å². The third kappa shape index (κ3) is 3.00. The highest BCUT2D eigenvalue weighted by atomic mass is 16.5. The average molecular weight is 313 g/mol. The number of nitrogens with zero attached hydrogens (tertiary/aromatic N) is 3. The molecule has 6 heteroatoms. The maximum absolute atomic E-state index is 12.7. The van der Waals surface area contributed by atoms with Gasteiger partial charge in [-0.15, -0.1) is 0 Å². The van der Waals surface area contributed by atoms with Crippen molar-refractivity contribution in [1.29, 1.82) is 5.26 Å². The third-order valence-electron chi connectivity index (χ3n) is 4.36. The SMILES string of the molecule is COc1ccccc1N1CC(C(=O)N(CC#N)C2CC2)CC1=O. The van der Waals surface area contributed by atoms with Crippen LogP contribution in [0.25, 0.3) is 0 Å². The molecule has 1 saturated heterocycles. The molecule has 1 aromatic carbocycles. The van der Waals surface area contributed by atoms with Gasteiger partial charge in [-0.1, -0.05) is 12.1 Å². The van der Waals surface area contributed by atoms with Gasteiger partial charge in [-0.25, -0.2) is 0 Å². The minimum absolute atomic E-state index is 0.0828. The Hall–Kier alpha value is -2.55. The number of anilines is 1. The highest BCUT2D eigenvalue weighted by molar-refractivity contribution is 6.01. The Bertz CT molecular complexity index is 663. The highest BCUT2D eigenvalue weighted by Crippen LogP contribution is 2.35. The van der Waals surface area contributed by atoms with Crippen LogP contribution in [0.1, 0.15) is 19.3 Å². The average Bonchev–Trinajstić information content (AvgIpc) is 3.34. The quantitative estimate of drug-likeness (QED) is 0.773. The van der Waals surface area contributed by atoms with Crippen molar-refractivity contribution in [1.82, 2.24) is 4.90 Å². The summed E-state index contributed by atoms with van der Waals surface area (Å²) in [6, 6.07) is 9.52.